The van der Waals surface area contributed by atoms with Crippen molar-refractivity contribution in [2.45, 2.75) is 52.1 Å². The maximum atomic E-state index is 3.73. The maximum absolute atomic E-state index is 3.73. The Bertz CT molecular complexity index is 305. The molecule has 1 fully saturated rings. The summed E-state index contributed by atoms with van der Waals surface area (Å²) in [6, 6.07) is 0.772. The number of hydrogen-bond acceptors (Lipinski definition) is 2. The van der Waals surface area contributed by atoms with Crippen LogP contribution >= 0.6 is 11.3 Å². The Morgan fingerprint density at radius 3 is 2.93 bits per heavy atom. The first kappa shape index (κ1) is 11.2. The van der Waals surface area contributed by atoms with E-state index in [1.54, 1.807) is 0 Å². The van der Waals surface area contributed by atoms with E-state index in [0.29, 0.717) is 0 Å². The highest BCUT2D eigenvalue weighted by molar-refractivity contribution is 7.08. The zero-order chi connectivity index (χ0) is 10.7. The van der Waals surface area contributed by atoms with E-state index in [-0.39, 0.29) is 0 Å². The molecule has 15 heavy (non-hydrogen) atoms. The second kappa shape index (κ2) is 5.13. The molecule has 2 atom stereocenters. The average Bonchev–Trinajstić information content (AvgIpc) is 2.83. The van der Waals surface area contributed by atoms with Crippen molar-refractivity contribution in [1.29, 1.82) is 0 Å². The minimum atomic E-state index is 0.772. The van der Waals surface area contributed by atoms with Crippen LogP contribution in [0.2, 0.25) is 0 Å². The van der Waals surface area contributed by atoms with Gasteiger partial charge in [-0.3, -0.25) is 0 Å². The van der Waals surface area contributed by atoms with Crippen molar-refractivity contribution in [3.63, 3.8) is 0 Å². The summed E-state index contributed by atoms with van der Waals surface area (Å²) in [7, 11) is 0. The smallest absolute Gasteiger partial charge is 0.0219 e. The van der Waals surface area contributed by atoms with Crippen LogP contribution in [0.5, 0.6) is 0 Å². The van der Waals surface area contributed by atoms with Gasteiger partial charge in [0.2, 0.25) is 0 Å². The van der Waals surface area contributed by atoms with Crippen LogP contribution in [0.1, 0.15) is 43.7 Å². The normalized spacial score (nSPS) is 26.0. The molecule has 0 amide bonds. The Kier molecular flexibility index (Phi) is 3.81. The Labute approximate surface area is 96.9 Å². The summed E-state index contributed by atoms with van der Waals surface area (Å²) in [5.41, 5.74) is 2.93. The molecule has 1 N–H and O–H groups in total. The third-order valence-electron chi connectivity index (χ3n) is 3.70. The van der Waals surface area contributed by atoms with E-state index < -0.39 is 0 Å². The zero-order valence-corrected chi connectivity index (χ0v) is 10.6. The van der Waals surface area contributed by atoms with Gasteiger partial charge in [0.15, 0.2) is 0 Å². The molecule has 2 rings (SSSR count). The molecule has 1 aliphatic carbocycles. The van der Waals surface area contributed by atoms with Crippen molar-refractivity contribution in [3.8, 4) is 0 Å². The summed E-state index contributed by atoms with van der Waals surface area (Å²) in [5, 5.41) is 8.25. The van der Waals surface area contributed by atoms with Gasteiger partial charge in [-0.25, -0.2) is 0 Å². The van der Waals surface area contributed by atoms with E-state index in [9.17, 15) is 0 Å². The molecule has 2 heteroatoms. The summed E-state index contributed by atoms with van der Waals surface area (Å²) in [4.78, 5) is 0. The third-order valence-corrected chi connectivity index (χ3v) is 4.61. The molecule has 2 unspecified atom stereocenters. The average molecular weight is 223 g/mol. The number of hydrogen-bond donors (Lipinski definition) is 1. The van der Waals surface area contributed by atoms with Crippen LogP contribution in [0.4, 0.5) is 0 Å². The molecule has 0 aromatic carbocycles. The topological polar surface area (TPSA) is 12.0 Å². The SMILES string of the molecule is CCC1CCCC1NCc1cscc1C. The van der Waals surface area contributed by atoms with Crippen molar-refractivity contribution >= 4 is 11.3 Å². The van der Waals surface area contributed by atoms with E-state index in [1.165, 1.54) is 36.8 Å². The fraction of sp³-hybridized carbons (Fsp3) is 0.692. The van der Waals surface area contributed by atoms with Gasteiger partial charge in [-0.1, -0.05) is 19.8 Å². The molecule has 1 aromatic rings. The molecule has 0 saturated heterocycles. The van der Waals surface area contributed by atoms with Gasteiger partial charge in [0.1, 0.15) is 0 Å². The third kappa shape index (κ3) is 2.61. The van der Waals surface area contributed by atoms with Gasteiger partial charge in [-0.2, -0.15) is 11.3 Å². The van der Waals surface area contributed by atoms with Gasteiger partial charge in [0.05, 0.1) is 0 Å². The minimum Gasteiger partial charge on any atom is -0.310 e. The fourth-order valence-corrected chi connectivity index (χ4v) is 3.46. The molecule has 0 bridgehead atoms. The van der Waals surface area contributed by atoms with Crippen molar-refractivity contribution in [1.82, 2.24) is 5.32 Å². The van der Waals surface area contributed by atoms with Crippen LogP contribution in [0.3, 0.4) is 0 Å². The summed E-state index contributed by atoms with van der Waals surface area (Å²) in [6.45, 7) is 5.59. The summed E-state index contributed by atoms with van der Waals surface area (Å²) >= 11 is 1.82. The number of nitrogens with one attached hydrogen (secondary N) is 1. The summed E-state index contributed by atoms with van der Waals surface area (Å²) in [5.74, 6) is 0.920. The molecular formula is C13H21NS. The lowest BCUT2D eigenvalue weighted by atomic mass is 10.0. The maximum Gasteiger partial charge on any atom is 0.0219 e. The van der Waals surface area contributed by atoms with Crippen LogP contribution in [-0.2, 0) is 6.54 Å². The summed E-state index contributed by atoms with van der Waals surface area (Å²) < 4.78 is 0. The highest BCUT2D eigenvalue weighted by atomic mass is 32.1. The quantitative estimate of drug-likeness (QED) is 0.820. The lowest BCUT2D eigenvalue weighted by molar-refractivity contribution is 0.389. The Morgan fingerprint density at radius 2 is 2.27 bits per heavy atom. The van der Waals surface area contributed by atoms with Gasteiger partial charge >= 0.3 is 0 Å². The first-order valence-electron chi connectivity index (χ1n) is 6.06. The Morgan fingerprint density at radius 1 is 1.40 bits per heavy atom. The first-order valence-corrected chi connectivity index (χ1v) is 7.00. The number of aryl methyl sites for hydroxylation is 1. The molecule has 0 aliphatic heterocycles. The van der Waals surface area contributed by atoms with E-state index in [1.807, 2.05) is 11.3 Å². The predicted octanol–water partition coefficient (Wildman–Crippen LogP) is 3.72. The van der Waals surface area contributed by atoms with Gasteiger partial charge < -0.3 is 5.32 Å². The van der Waals surface area contributed by atoms with Crippen molar-refractivity contribution in [3.05, 3.63) is 21.9 Å². The fourth-order valence-electron chi connectivity index (χ4n) is 2.60. The number of thiophene rings is 1. The van der Waals surface area contributed by atoms with Gasteiger partial charge in [-0.15, -0.1) is 0 Å². The van der Waals surface area contributed by atoms with Crippen molar-refractivity contribution in [2.75, 3.05) is 0 Å². The molecule has 1 heterocycles. The van der Waals surface area contributed by atoms with E-state index in [0.717, 1.165) is 18.5 Å². The van der Waals surface area contributed by atoms with Gasteiger partial charge in [0, 0.05) is 12.6 Å². The second-order valence-corrected chi connectivity index (χ2v) is 5.41. The molecule has 84 valence electrons. The largest absolute Gasteiger partial charge is 0.310 e. The highest BCUT2D eigenvalue weighted by Gasteiger charge is 2.24. The zero-order valence-electron chi connectivity index (χ0n) is 9.75. The number of rotatable bonds is 4. The molecule has 1 nitrogen and oxygen atoms in total. The van der Waals surface area contributed by atoms with Gasteiger partial charge in [0.25, 0.3) is 0 Å². The molecular weight excluding hydrogens is 202 g/mol. The minimum absolute atomic E-state index is 0.772. The molecule has 1 aromatic heterocycles. The second-order valence-electron chi connectivity index (χ2n) is 4.67. The Hall–Kier alpha value is -0.340. The van der Waals surface area contributed by atoms with Crippen molar-refractivity contribution < 1.29 is 0 Å². The standard InChI is InChI=1S/C13H21NS/c1-3-11-5-4-6-13(11)14-7-12-9-15-8-10(12)2/h8-9,11,13-14H,3-7H2,1-2H3. The van der Waals surface area contributed by atoms with Crippen LogP contribution < -0.4 is 5.32 Å². The van der Waals surface area contributed by atoms with Crippen LogP contribution in [-0.4, -0.2) is 6.04 Å². The van der Waals surface area contributed by atoms with E-state index in [4.69, 9.17) is 0 Å². The lowest BCUT2D eigenvalue weighted by Gasteiger charge is -2.19. The summed E-state index contributed by atoms with van der Waals surface area (Å²) in [6.07, 6.45) is 5.55. The molecule has 0 radical (unpaired) electrons. The van der Waals surface area contributed by atoms with E-state index >= 15 is 0 Å². The van der Waals surface area contributed by atoms with E-state index in [2.05, 4.69) is 29.9 Å². The van der Waals surface area contributed by atoms with Crippen LogP contribution in [0, 0.1) is 12.8 Å². The van der Waals surface area contributed by atoms with Crippen LogP contribution in [0.25, 0.3) is 0 Å². The molecule has 1 aliphatic rings. The Balaban J connectivity index is 1.85. The predicted molar refractivity (Wildman–Crippen MR) is 67.3 cm³/mol. The monoisotopic (exact) mass is 223 g/mol. The highest BCUT2D eigenvalue weighted by Crippen LogP contribution is 2.28. The van der Waals surface area contributed by atoms with Crippen LogP contribution in [0.15, 0.2) is 10.8 Å². The molecule has 0 spiro atoms. The molecule has 1 saturated carbocycles. The van der Waals surface area contributed by atoms with Crippen molar-refractivity contribution in [2.24, 2.45) is 5.92 Å². The lowest BCUT2D eigenvalue weighted by Crippen LogP contribution is -2.31. The van der Waals surface area contributed by atoms with Gasteiger partial charge in [-0.05, 0) is 47.6 Å². The first-order chi connectivity index (χ1) is 7.31.